The predicted octanol–water partition coefficient (Wildman–Crippen LogP) is 3.17. The van der Waals surface area contributed by atoms with Crippen LogP contribution < -0.4 is 15.4 Å². The van der Waals surface area contributed by atoms with Crippen LogP contribution in [0.5, 0.6) is 0 Å². The molecule has 0 saturated heterocycles. The zero-order valence-electron chi connectivity index (χ0n) is 19.9. The van der Waals surface area contributed by atoms with Crippen molar-refractivity contribution in [3.05, 3.63) is 41.1 Å². The van der Waals surface area contributed by atoms with Gasteiger partial charge in [0.05, 0.1) is 12.8 Å². The molecule has 0 fully saturated rings. The molecule has 0 radical (unpaired) electrons. The second-order valence-corrected chi connectivity index (χ2v) is 10.3. The molecule has 7 nitrogen and oxygen atoms in total. The number of amides is 2. The Morgan fingerprint density at radius 3 is 2.40 bits per heavy atom. The molecule has 1 heterocycles. The first kappa shape index (κ1) is 28.4. The zero-order chi connectivity index (χ0) is 26.3. The molecule has 1 atom stereocenters. The Bertz CT molecular complexity index is 1130. The molecular formula is C24H30F3N3O4S. The van der Waals surface area contributed by atoms with Crippen molar-refractivity contribution < 1.29 is 31.2 Å². The predicted molar refractivity (Wildman–Crippen MR) is 127 cm³/mol. The number of hydrogen-bond donors (Lipinski definition) is 3. The topological polar surface area (TPSA) is 104 Å². The number of aryl methyl sites for hydroxylation is 1. The lowest BCUT2D eigenvalue weighted by atomic mass is 9.82. The van der Waals surface area contributed by atoms with Crippen LogP contribution in [-0.4, -0.2) is 44.7 Å². The summed E-state index contributed by atoms with van der Waals surface area (Å²) >= 11 is 0. The molecular weight excluding hydrogens is 483 g/mol. The van der Waals surface area contributed by atoms with Gasteiger partial charge in [0.25, 0.3) is 5.91 Å². The van der Waals surface area contributed by atoms with Crippen molar-refractivity contribution >= 4 is 27.4 Å². The number of nitrogens with one attached hydrogen (secondary N) is 3. The van der Waals surface area contributed by atoms with E-state index in [1.54, 1.807) is 31.2 Å². The van der Waals surface area contributed by atoms with Gasteiger partial charge in [-0.15, -0.1) is 5.92 Å². The fourth-order valence-corrected chi connectivity index (χ4v) is 3.87. The van der Waals surface area contributed by atoms with Gasteiger partial charge in [-0.05, 0) is 24.5 Å². The van der Waals surface area contributed by atoms with E-state index in [4.69, 9.17) is 0 Å². The maximum atomic E-state index is 14.3. The highest BCUT2D eigenvalue weighted by Gasteiger charge is 2.58. The van der Waals surface area contributed by atoms with E-state index < -0.39 is 46.5 Å². The third-order valence-electron chi connectivity index (χ3n) is 5.40. The summed E-state index contributed by atoms with van der Waals surface area (Å²) in [6.07, 6.45) is -1.05. The standard InChI is InChI=1S/C24H30F3N3O4S/c1-4-5-6-7-8-9-14-23(24(25,26)27)15-19(18-12-10-17(2)11-13-18)21(22(32)30-23)29-20(31)16-28-35(3,33)34/h10-13,28H,4-8,15-16H2,1-3H3,(H,29,31)(H,30,32). The summed E-state index contributed by atoms with van der Waals surface area (Å²) in [5, 5.41) is 4.23. The first-order chi connectivity index (χ1) is 16.3. The lowest BCUT2D eigenvalue weighted by molar-refractivity contribution is -0.180. The van der Waals surface area contributed by atoms with Crippen LogP contribution in [0.25, 0.3) is 5.57 Å². The number of benzene rings is 1. The van der Waals surface area contributed by atoms with Crippen molar-refractivity contribution in [1.29, 1.82) is 0 Å². The van der Waals surface area contributed by atoms with Gasteiger partial charge in [0, 0.05) is 12.8 Å². The van der Waals surface area contributed by atoms with E-state index in [1.807, 2.05) is 17.0 Å². The van der Waals surface area contributed by atoms with Gasteiger partial charge < -0.3 is 10.6 Å². The van der Waals surface area contributed by atoms with Crippen molar-refractivity contribution in [2.24, 2.45) is 0 Å². The van der Waals surface area contributed by atoms with Gasteiger partial charge in [-0.2, -0.15) is 13.2 Å². The van der Waals surface area contributed by atoms with Crippen LogP contribution >= 0.6 is 0 Å². The monoisotopic (exact) mass is 513 g/mol. The minimum absolute atomic E-state index is 0.0425. The van der Waals surface area contributed by atoms with Crippen LogP contribution in [0.1, 0.15) is 56.6 Å². The summed E-state index contributed by atoms with van der Waals surface area (Å²) < 4.78 is 67.4. The lowest BCUT2D eigenvalue weighted by Crippen LogP contribution is -2.61. The molecule has 0 saturated carbocycles. The first-order valence-corrected chi connectivity index (χ1v) is 13.1. The molecule has 1 aromatic carbocycles. The molecule has 2 amide bonds. The molecule has 2 rings (SSSR count). The van der Waals surface area contributed by atoms with Crippen molar-refractivity contribution in [3.63, 3.8) is 0 Å². The Balaban J connectivity index is 2.47. The molecule has 3 N–H and O–H groups in total. The minimum atomic E-state index is -4.89. The number of alkyl halides is 3. The second-order valence-electron chi connectivity index (χ2n) is 8.51. The Morgan fingerprint density at radius 2 is 1.83 bits per heavy atom. The smallest absolute Gasteiger partial charge is 0.326 e. The van der Waals surface area contributed by atoms with Gasteiger partial charge in [-0.3, -0.25) is 9.59 Å². The Hall–Kier alpha value is -2.84. The van der Waals surface area contributed by atoms with E-state index in [9.17, 15) is 31.2 Å². The average Bonchev–Trinajstić information content (AvgIpc) is 2.75. The summed E-state index contributed by atoms with van der Waals surface area (Å²) in [5.41, 5.74) is -2.08. The minimum Gasteiger partial charge on any atom is -0.326 e. The van der Waals surface area contributed by atoms with E-state index in [1.165, 1.54) is 0 Å². The van der Waals surface area contributed by atoms with Crippen LogP contribution in [0.2, 0.25) is 0 Å². The summed E-state index contributed by atoms with van der Waals surface area (Å²) in [6, 6.07) is 6.47. The van der Waals surface area contributed by atoms with Gasteiger partial charge in [-0.1, -0.05) is 61.9 Å². The molecule has 1 aliphatic heterocycles. The molecule has 1 aliphatic rings. The molecule has 1 aromatic rings. The number of sulfonamides is 1. The molecule has 0 aromatic heterocycles. The molecule has 0 spiro atoms. The molecule has 1 unspecified atom stereocenters. The Labute approximate surface area is 204 Å². The highest BCUT2D eigenvalue weighted by Crippen LogP contribution is 2.41. The normalized spacial score (nSPS) is 18.5. The van der Waals surface area contributed by atoms with Crippen molar-refractivity contribution in [3.8, 4) is 11.8 Å². The third-order valence-corrected chi connectivity index (χ3v) is 6.07. The second kappa shape index (κ2) is 11.7. The maximum Gasteiger partial charge on any atom is 0.423 e. The summed E-state index contributed by atoms with van der Waals surface area (Å²) in [6.45, 7) is 3.14. The number of rotatable bonds is 9. The molecule has 11 heteroatoms. The third kappa shape index (κ3) is 8.11. The Kier molecular flexibility index (Phi) is 9.52. The van der Waals surface area contributed by atoms with Crippen LogP contribution in [0.4, 0.5) is 13.2 Å². The SMILES string of the molecule is CCCCCCC#CC1(C(F)(F)F)CC(c2ccc(C)cc2)=C(NC(=O)CNS(C)(=O)=O)C(=O)N1. The van der Waals surface area contributed by atoms with Crippen molar-refractivity contribution in [2.45, 2.75) is 64.1 Å². The highest BCUT2D eigenvalue weighted by atomic mass is 32.2. The molecule has 0 aliphatic carbocycles. The molecule has 192 valence electrons. The number of unbranched alkanes of at least 4 members (excludes halogenated alkanes) is 4. The largest absolute Gasteiger partial charge is 0.423 e. The van der Waals surface area contributed by atoms with Crippen LogP contribution in [-0.2, 0) is 19.6 Å². The highest BCUT2D eigenvalue weighted by molar-refractivity contribution is 7.88. The van der Waals surface area contributed by atoms with Crippen LogP contribution in [0, 0.1) is 18.8 Å². The Morgan fingerprint density at radius 1 is 1.17 bits per heavy atom. The number of halogens is 3. The first-order valence-electron chi connectivity index (χ1n) is 11.2. The van der Waals surface area contributed by atoms with Crippen molar-refractivity contribution in [2.75, 3.05) is 12.8 Å². The summed E-state index contributed by atoms with van der Waals surface area (Å²) in [7, 11) is -3.70. The average molecular weight is 514 g/mol. The fourth-order valence-electron chi connectivity index (χ4n) is 3.48. The van der Waals surface area contributed by atoms with Gasteiger partial charge in [0.15, 0.2) is 0 Å². The summed E-state index contributed by atoms with van der Waals surface area (Å²) in [4.78, 5) is 25.2. The van der Waals surface area contributed by atoms with Gasteiger partial charge >= 0.3 is 6.18 Å². The van der Waals surface area contributed by atoms with E-state index in [2.05, 4.69) is 17.2 Å². The van der Waals surface area contributed by atoms with E-state index in [-0.39, 0.29) is 17.7 Å². The zero-order valence-corrected chi connectivity index (χ0v) is 20.8. The van der Waals surface area contributed by atoms with E-state index in [0.717, 1.165) is 31.1 Å². The van der Waals surface area contributed by atoms with Crippen molar-refractivity contribution in [1.82, 2.24) is 15.4 Å². The number of carbonyl (C=O) groups excluding carboxylic acids is 2. The van der Waals surface area contributed by atoms with Gasteiger partial charge in [-0.25, -0.2) is 13.1 Å². The van der Waals surface area contributed by atoms with E-state index >= 15 is 0 Å². The quantitative estimate of drug-likeness (QED) is 0.349. The molecule has 0 bridgehead atoms. The maximum absolute atomic E-state index is 14.3. The fraction of sp³-hybridized carbons (Fsp3) is 0.500. The summed E-state index contributed by atoms with van der Waals surface area (Å²) in [5.74, 6) is 2.80. The van der Waals surface area contributed by atoms with Gasteiger partial charge in [0.2, 0.25) is 21.5 Å². The number of hydrogen-bond acceptors (Lipinski definition) is 4. The van der Waals surface area contributed by atoms with E-state index in [0.29, 0.717) is 12.0 Å². The van der Waals surface area contributed by atoms with Gasteiger partial charge in [0.1, 0.15) is 5.70 Å². The molecule has 35 heavy (non-hydrogen) atoms. The number of carbonyl (C=O) groups is 2. The lowest BCUT2D eigenvalue weighted by Gasteiger charge is -2.37. The van der Waals surface area contributed by atoms with Crippen LogP contribution in [0.15, 0.2) is 30.0 Å². The van der Waals surface area contributed by atoms with Crippen LogP contribution in [0.3, 0.4) is 0 Å².